The fraction of sp³-hybridized carbons (Fsp3) is 0.0556. The van der Waals surface area contributed by atoms with Gasteiger partial charge in [-0.25, -0.2) is 9.97 Å². The fourth-order valence-corrected chi connectivity index (χ4v) is 2.58. The summed E-state index contributed by atoms with van der Waals surface area (Å²) in [4.78, 5) is 20.3. The molecule has 0 unspecified atom stereocenters. The van der Waals surface area contributed by atoms with Crippen LogP contribution in [0.4, 0.5) is 23.0 Å². The zero-order valence-corrected chi connectivity index (χ0v) is 15.9. The normalized spacial score (nSPS) is 10.2. The monoisotopic (exact) mass is 460 g/mol. The Balaban J connectivity index is 1.63. The van der Waals surface area contributed by atoms with Crippen molar-refractivity contribution in [2.75, 3.05) is 16.5 Å². The third-order valence-corrected chi connectivity index (χ3v) is 4.24. The second kappa shape index (κ2) is 8.48. The van der Waals surface area contributed by atoms with Crippen LogP contribution in [0.1, 0.15) is 5.56 Å². The predicted molar refractivity (Wildman–Crippen MR) is 111 cm³/mol. The molecule has 132 valence electrons. The van der Waals surface area contributed by atoms with Crippen molar-refractivity contribution in [3.05, 3.63) is 70.1 Å². The summed E-state index contributed by atoms with van der Waals surface area (Å²) in [7, 11) is 0. The third kappa shape index (κ3) is 4.82. The van der Waals surface area contributed by atoms with Gasteiger partial charge in [-0.1, -0.05) is 30.3 Å². The van der Waals surface area contributed by atoms with Crippen molar-refractivity contribution in [3.8, 4) is 0 Å². The van der Waals surface area contributed by atoms with E-state index in [0.717, 1.165) is 14.8 Å². The lowest BCUT2D eigenvalue weighted by atomic mass is 10.1. The van der Waals surface area contributed by atoms with E-state index in [1.165, 1.54) is 6.33 Å². The molecule has 3 rings (SSSR count). The number of nitrogen functional groups attached to an aromatic ring is 1. The number of carbonyl (C=O) groups is 1. The minimum Gasteiger partial charge on any atom is -0.393 e. The number of nitrogens with two attached hydrogens (primary N) is 1. The zero-order chi connectivity index (χ0) is 18.4. The Labute approximate surface area is 164 Å². The van der Waals surface area contributed by atoms with Gasteiger partial charge >= 0.3 is 0 Å². The second-order valence-corrected chi connectivity index (χ2v) is 6.70. The molecule has 3 aromatic rings. The minimum absolute atomic E-state index is 0.193. The smallest absolute Gasteiger partial charge is 0.242 e. The largest absolute Gasteiger partial charge is 0.393 e. The maximum Gasteiger partial charge on any atom is 0.242 e. The predicted octanol–water partition coefficient (Wildman–Crippen LogP) is 3.09. The summed E-state index contributed by atoms with van der Waals surface area (Å²) in [5, 5.41) is 3.14. The lowest BCUT2D eigenvalue weighted by Crippen LogP contribution is -2.31. The first kappa shape index (κ1) is 17.9. The van der Waals surface area contributed by atoms with E-state index in [9.17, 15) is 4.79 Å². The molecule has 1 aromatic heterocycles. The standard InChI is InChI=1S/C18H17IN6O/c19-13-6-8-14(9-7-13)23-17-16(20)18(22-11-21-17)25-24-15(26)10-12-4-2-1-3-5-12/h1-9,11H,10,20H2,(H,24,26)(H2,21,22,23,25). The molecule has 7 nitrogen and oxygen atoms in total. The Hall–Kier alpha value is -2.88. The zero-order valence-electron chi connectivity index (χ0n) is 13.7. The van der Waals surface area contributed by atoms with E-state index >= 15 is 0 Å². The molecular formula is C18H17IN6O. The lowest BCUT2D eigenvalue weighted by Gasteiger charge is -2.13. The molecule has 2 aromatic carbocycles. The first-order valence-electron chi connectivity index (χ1n) is 7.83. The van der Waals surface area contributed by atoms with E-state index in [1.54, 1.807) is 0 Å². The number of aromatic nitrogens is 2. The summed E-state index contributed by atoms with van der Waals surface area (Å²) >= 11 is 2.24. The molecule has 26 heavy (non-hydrogen) atoms. The van der Waals surface area contributed by atoms with Gasteiger partial charge in [0.1, 0.15) is 12.0 Å². The topological polar surface area (TPSA) is 105 Å². The molecule has 0 aliphatic rings. The van der Waals surface area contributed by atoms with E-state index in [1.807, 2.05) is 54.6 Å². The number of benzene rings is 2. The van der Waals surface area contributed by atoms with Gasteiger partial charge in [-0.3, -0.25) is 15.6 Å². The quantitative estimate of drug-likeness (QED) is 0.333. The van der Waals surface area contributed by atoms with Gasteiger partial charge in [0.15, 0.2) is 11.6 Å². The number of hydrogen-bond acceptors (Lipinski definition) is 6. The maximum atomic E-state index is 12.0. The SMILES string of the molecule is Nc1c(NNC(=O)Cc2ccccc2)ncnc1Nc1ccc(I)cc1. The molecule has 1 amide bonds. The average Bonchev–Trinajstić information content (AvgIpc) is 2.65. The van der Waals surface area contributed by atoms with Crippen molar-refractivity contribution >= 4 is 51.5 Å². The van der Waals surface area contributed by atoms with E-state index in [0.29, 0.717) is 17.3 Å². The number of rotatable bonds is 6. The summed E-state index contributed by atoms with van der Waals surface area (Å²) in [6.45, 7) is 0. The highest BCUT2D eigenvalue weighted by Gasteiger charge is 2.10. The van der Waals surface area contributed by atoms with Crippen LogP contribution in [0.25, 0.3) is 0 Å². The van der Waals surface area contributed by atoms with Crippen LogP contribution in [-0.4, -0.2) is 15.9 Å². The molecule has 0 saturated heterocycles. The van der Waals surface area contributed by atoms with E-state index in [4.69, 9.17) is 5.73 Å². The molecule has 0 radical (unpaired) electrons. The van der Waals surface area contributed by atoms with Crippen LogP contribution in [0.2, 0.25) is 0 Å². The van der Waals surface area contributed by atoms with Crippen molar-refractivity contribution < 1.29 is 4.79 Å². The number of nitrogens with one attached hydrogen (secondary N) is 3. The number of anilines is 4. The van der Waals surface area contributed by atoms with Crippen molar-refractivity contribution in [1.29, 1.82) is 0 Å². The Morgan fingerprint density at radius 3 is 2.42 bits per heavy atom. The Kier molecular flexibility index (Phi) is 5.84. The molecule has 1 heterocycles. The number of nitrogens with zero attached hydrogens (tertiary/aromatic N) is 2. The van der Waals surface area contributed by atoms with Gasteiger partial charge in [0.05, 0.1) is 6.42 Å². The number of hydrazine groups is 1. The molecule has 5 N–H and O–H groups in total. The van der Waals surface area contributed by atoms with Crippen LogP contribution in [0.15, 0.2) is 60.9 Å². The Morgan fingerprint density at radius 1 is 1.00 bits per heavy atom. The molecular weight excluding hydrogens is 443 g/mol. The fourth-order valence-electron chi connectivity index (χ4n) is 2.22. The van der Waals surface area contributed by atoms with Crippen LogP contribution < -0.4 is 21.9 Å². The van der Waals surface area contributed by atoms with Crippen LogP contribution in [0.5, 0.6) is 0 Å². The molecule has 0 bridgehead atoms. The molecule has 0 aliphatic carbocycles. The second-order valence-electron chi connectivity index (χ2n) is 5.45. The molecule has 0 aliphatic heterocycles. The highest BCUT2D eigenvalue weighted by molar-refractivity contribution is 14.1. The van der Waals surface area contributed by atoms with Gasteiger partial charge in [-0.2, -0.15) is 0 Å². The summed E-state index contributed by atoms with van der Waals surface area (Å²) in [6.07, 6.45) is 1.63. The summed E-state index contributed by atoms with van der Waals surface area (Å²) in [5.74, 6) is 0.594. The van der Waals surface area contributed by atoms with Gasteiger partial charge in [0, 0.05) is 9.26 Å². The summed E-state index contributed by atoms with van der Waals surface area (Å²) in [5.41, 5.74) is 13.5. The number of carbonyl (C=O) groups excluding carboxylic acids is 1. The minimum atomic E-state index is -0.193. The highest BCUT2D eigenvalue weighted by Crippen LogP contribution is 2.25. The van der Waals surface area contributed by atoms with Gasteiger partial charge < -0.3 is 11.1 Å². The van der Waals surface area contributed by atoms with Gasteiger partial charge in [0.2, 0.25) is 5.91 Å². The highest BCUT2D eigenvalue weighted by atomic mass is 127. The van der Waals surface area contributed by atoms with E-state index < -0.39 is 0 Å². The summed E-state index contributed by atoms with van der Waals surface area (Å²) < 4.78 is 1.13. The Morgan fingerprint density at radius 2 is 1.69 bits per heavy atom. The molecule has 0 atom stereocenters. The molecule has 8 heteroatoms. The number of hydrogen-bond donors (Lipinski definition) is 4. The maximum absolute atomic E-state index is 12.0. The van der Waals surface area contributed by atoms with Crippen molar-refractivity contribution in [2.45, 2.75) is 6.42 Å². The van der Waals surface area contributed by atoms with Crippen molar-refractivity contribution in [1.82, 2.24) is 15.4 Å². The molecule has 0 spiro atoms. The Bertz CT molecular complexity index is 886. The van der Waals surface area contributed by atoms with Crippen LogP contribution in [0, 0.1) is 3.57 Å². The third-order valence-electron chi connectivity index (χ3n) is 3.52. The first-order chi connectivity index (χ1) is 12.6. The summed E-state index contributed by atoms with van der Waals surface area (Å²) in [6, 6.07) is 17.3. The van der Waals surface area contributed by atoms with Crippen LogP contribution in [-0.2, 0) is 11.2 Å². The lowest BCUT2D eigenvalue weighted by molar-refractivity contribution is -0.119. The number of halogens is 1. The van der Waals surface area contributed by atoms with Gasteiger partial charge in [-0.15, -0.1) is 0 Å². The van der Waals surface area contributed by atoms with Gasteiger partial charge in [0.25, 0.3) is 0 Å². The van der Waals surface area contributed by atoms with E-state index in [2.05, 4.69) is 48.7 Å². The van der Waals surface area contributed by atoms with Crippen molar-refractivity contribution in [2.24, 2.45) is 0 Å². The average molecular weight is 460 g/mol. The molecule has 0 saturated carbocycles. The van der Waals surface area contributed by atoms with Crippen LogP contribution in [0.3, 0.4) is 0 Å². The first-order valence-corrected chi connectivity index (χ1v) is 8.91. The van der Waals surface area contributed by atoms with E-state index in [-0.39, 0.29) is 12.3 Å². The van der Waals surface area contributed by atoms with Crippen LogP contribution >= 0.6 is 22.6 Å². The van der Waals surface area contributed by atoms with Gasteiger partial charge in [-0.05, 0) is 52.4 Å². The molecule has 0 fully saturated rings. The number of amides is 1. The van der Waals surface area contributed by atoms with Crippen molar-refractivity contribution in [3.63, 3.8) is 0 Å².